The van der Waals surface area contributed by atoms with E-state index in [9.17, 15) is 0 Å². The summed E-state index contributed by atoms with van der Waals surface area (Å²) in [6, 6.07) is 10.8. The van der Waals surface area contributed by atoms with Crippen LogP contribution in [-0.2, 0) is 6.42 Å². The van der Waals surface area contributed by atoms with Crippen molar-refractivity contribution in [3.8, 4) is 0 Å². The molecular weight excluding hydrogens is 356 g/mol. The Morgan fingerprint density at radius 3 is 2.67 bits per heavy atom. The second-order valence-electron chi connectivity index (χ2n) is 4.11. The van der Waals surface area contributed by atoms with Crippen LogP contribution in [0.4, 0.5) is 0 Å². The van der Waals surface area contributed by atoms with Gasteiger partial charge < -0.3 is 5.32 Å². The Balaban J connectivity index is 2.19. The van der Waals surface area contributed by atoms with Crippen LogP contribution in [0.5, 0.6) is 0 Å². The van der Waals surface area contributed by atoms with Crippen LogP contribution in [0.3, 0.4) is 0 Å². The summed E-state index contributed by atoms with van der Waals surface area (Å²) in [6.07, 6.45) is 4.65. The molecule has 94 valence electrons. The van der Waals surface area contributed by atoms with E-state index in [1.165, 1.54) is 11.1 Å². The molecule has 0 saturated heterocycles. The summed E-state index contributed by atoms with van der Waals surface area (Å²) in [5.41, 5.74) is 2.48. The number of pyridine rings is 1. The third-order valence-corrected chi connectivity index (χ3v) is 3.73. The third kappa shape index (κ3) is 3.64. The molecule has 4 heteroatoms. The summed E-state index contributed by atoms with van der Waals surface area (Å²) in [6.45, 7) is 0. The maximum absolute atomic E-state index is 4.22. The Labute approximate surface area is 124 Å². The lowest BCUT2D eigenvalue weighted by Gasteiger charge is -2.16. The van der Waals surface area contributed by atoms with Crippen LogP contribution in [-0.4, -0.2) is 12.0 Å². The number of benzene rings is 1. The molecule has 0 aliphatic heterocycles. The van der Waals surface area contributed by atoms with Gasteiger partial charge in [-0.15, -0.1) is 0 Å². The maximum atomic E-state index is 4.22. The van der Waals surface area contributed by atoms with Crippen LogP contribution in [0.2, 0.25) is 0 Å². The normalized spacial score (nSPS) is 12.4. The minimum atomic E-state index is 0.268. The zero-order chi connectivity index (χ0) is 13.0. The largest absolute Gasteiger partial charge is 0.313 e. The number of hydrogen-bond acceptors (Lipinski definition) is 2. The molecule has 0 saturated carbocycles. The zero-order valence-electron chi connectivity index (χ0n) is 10.0. The molecule has 18 heavy (non-hydrogen) atoms. The lowest BCUT2D eigenvalue weighted by molar-refractivity contribution is 0.589. The van der Waals surface area contributed by atoms with E-state index in [1.807, 2.05) is 19.3 Å². The van der Waals surface area contributed by atoms with Crippen molar-refractivity contribution in [1.82, 2.24) is 10.3 Å². The molecule has 0 radical (unpaired) electrons. The molecule has 0 fully saturated rings. The highest BCUT2D eigenvalue weighted by Crippen LogP contribution is 2.22. The number of nitrogens with zero attached hydrogens (tertiary/aromatic N) is 1. The first kappa shape index (κ1) is 13.7. The van der Waals surface area contributed by atoms with Crippen molar-refractivity contribution < 1.29 is 0 Å². The minimum absolute atomic E-state index is 0.268. The van der Waals surface area contributed by atoms with Crippen molar-refractivity contribution in [2.24, 2.45) is 0 Å². The number of likely N-dealkylation sites (N-methyl/N-ethyl adjacent to an activating group) is 1. The highest BCUT2D eigenvalue weighted by molar-refractivity contribution is 9.10. The Bertz CT molecular complexity index is 529. The SMILES string of the molecule is CNC(Cc1cccc(Br)c1)c1cncc(Br)c1. The van der Waals surface area contributed by atoms with Crippen LogP contribution in [0.1, 0.15) is 17.2 Å². The fraction of sp³-hybridized carbons (Fsp3) is 0.214. The van der Waals surface area contributed by atoms with Gasteiger partial charge in [0.05, 0.1) is 0 Å². The molecule has 2 aromatic rings. The molecule has 2 rings (SSSR count). The third-order valence-electron chi connectivity index (χ3n) is 2.81. The van der Waals surface area contributed by atoms with E-state index >= 15 is 0 Å². The van der Waals surface area contributed by atoms with Gasteiger partial charge in [-0.05, 0) is 58.7 Å². The molecule has 0 aliphatic rings. The highest BCUT2D eigenvalue weighted by Gasteiger charge is 2.11. The van der Waals surface area contributed by atoms with Gasteiger partial charge in [0, 0.05) is 27.4 Å². The summed E-state index contributed by atoms with van der Waals surface area (Å²) in [7, 11) is 1.98. The van der Waals surface area contributed by atoms with Gasteiger partial charge in [0.2, 0.25) is 0 Å². The zero-order valence-corrected chi connectivity index (χ0v) is 13.2. The average Bonchev–Trinajstić information content (AvgIpc) is 2.36. The predicted octanol–water partition coefficient (Wildman–Crippen LogP) is 4.11. The second kappa shape index (κ2) is 6.45. The predicted molar refractivity (Wildman–Crippen MR) is 81.6 cm³/mol. The number of rotatable bonds is 4. The van der Waals surface area contributed by atoms with E-state index in [2.05, 4.69) is 66.4 Å². The van der Waals surface area contributed by atoms with Crippen LogP contribution in [0.25, 0.3) is 0 Å². The molecule has 1 aromatic heterocycles. The van der Waals surface area contributed by atoms with Gasteiger partial charge in [0.15, 0.2) is 0 Å². The van der Waals surface area contributed by atoms with E-state index in [1.54, 1.807) is 6.20 Å². The number of halogens is 2. The van der Waals surface area contributed by atoms with Crippen molar-refractivity contribution in [2.75, 3.05) is 7.05 Å². The number of aromatic nitrogens is 1. The molecule has 2 nitrogen and oxygen atoms in total. The summed E-state index contributed by atoms with van der Waals surface area (Å²) >= 11 is 6.96. The molecule has 1 atom stereocenters. The molecule has 1 aromatic carbocycles. The van der Waals surface area contributed by atoms with Crippen molar-refractivity contribution in [3.05, 3.63) is 62.8 Å². The second-order valence-corrected chi connectivity index (χ2v) is 5.94. The van der Waals surface area contributed by atoms with E-state index in [-0.39, 0.29) is 6.04 Å². The summed E-state index contributed by atoms with van der Waals surface area (Å²) < 4.78 is 2.12. The van der Waals surface area contributed by atoms with Gasteiger partial charge in [0.25, 0.3) is 0 Å². The molecule has 0 amide bonds. The molecule has 0 aliphatic carbocycles. The van der Waals surface area contributed by atoms with Crippen molar-refractivity contribution in [2.45, 2.75) is 12.5 Å². The Kier molecular flexibility index (Phi) is 4.92. The fourth-order valence-corrected chi connectivity index (χ4v) is 2.73. The molecule has 0 bridgehead atoms. The Morgan fingerprint density at radius 1 is 1.17 bits per heavy atom. The summed E-state index contributed by atoms with van der Waals surface area (Å²) in [5, 5.41) is 3.34. The maximum Gasteiger partial charge on any atom is 0.0410 e. The van der Waals surface area contributed by atoms with Gasteiger partial charge in [-0.3, -0.25) is 4.98 Å². The molecule has 1 unspecified atom stereocenters. The molecule has 1 N–H and O–H groups in total. The lowest BCUT2D eigenvalue weighted by atomic mass is 10.0. The lowest BCUT2D eigenvalue weighted by Crippen LogP contribution is -2.19. The number of hydrogen-bond donors (Lipinski definition) is 1. The van der Waals surface area contributed by atoms with Gasteiger partial charge in [0.1, 0.15) is 0 Å². The monoisotopic (exact) mass is 368 g/mol. The smallest absolute Gasteiger partial charge is 0.0410 e. The van der Waals surface area contributed by atoms with Gasteiger partial charge >= 0.3 is 0 Å². The van der Waals surface area contributed by atoms with Gasteiger partial charge in [-0.2, -0.15) is 0 Å². The van der Waals surface area contributed by atoms with Crippen LogP contribution < -0.4 is 5.32 Å². The van der Waals surface area contributed by atoms with E-state index in [0.29, 0.717) is 0 Å². The molecular formula is C14H14Br2N2. The van der Waals surface area contributed by atoms with Gasteiger partial charge in [-0.25, -0.2) is 0 Å². The fourth-order valence-electron chi connectivity index (χ4n) is 1.91. The van der Waals surface area contributed by atoms with E-state index < -0.39 is 0 Å². The van der Waals surface area contributed by atoms with E-state index in [0.717, 1.165) is 15.4 Å². The average molecular weight is 370 g/mol. The van der Waals surface area contributed by atoms with Crippen LogP contribution in [0, 0.1) is 0 Å². The summed E-state index contributed by atoms with van der Waals surface area (Å²) in [4.78, 5) is 4.22. The summed E-state index contributed by atoms with van der Waals surface area (Å²) in [5.74, 6) is 0. The van der Waals surface area contributed by atoms with Crippen molar-refractivity contribution in [1.29, 1.82) is 0 Å². The first-order valence-corrected chi connectivity index (χ1v) is 7.30. The van der Waals surface area contributed by atoms with Gasteiger partial charge in [-0.1, -0.05) is 28.1 Å². The first-order chi connectivity index (χ1) is 8.69. The van der Waals surface area contributed by atoms with Crippen LogP contribution >= 0.6 is 31.9 Å². The Morgan fingerprint density at radius 2 is 2.00 bits per heavy atom. The van der Waals surface area contributed by atoms with Crippen molar-refractivity contribution >= 4 is 31.9 Å². The van der Waals surface area contributed by atoms with Crippen LogP contribution in [0.15, 0.2) is 51.7 Å². The highest BCUT2D eigenvalue weighted by atomic mass is 79.9. The quantitative estimate of drug-likeness (QED) is 0.877. The van der Waals surface area contributed by atoms with Crippen molar-refractivity contribution in [3.63, 3.8) is 0 Å². The van der Waals surface area contributed by atoms with E-state index in [4.69, 9.17) is 0 Å². The number of nitrogens with one attached hydrogen (secondary N) is 1. The Hall–Kier alpha value is -0.710. The first-order valence-electron chi connectivity index (χ1n) is 5.71. The standard InChI is InChI=1S/C14H14Br2N2/c1-17-14(11-7-13(16)9-18-8-11)6-10-3-2-4-12(15)5-10/h2-5,7-9,14,17H,6H2,1H3. The topological polar surface area (TPSA) is 24.9 Å². The molecule has 0 spiro atoms. The molecule has 1 heterocycles. The minimum Gasteiger partial charge on any atom is -0.313 e.